The first-order valence-corrected chi connectivity index (χ1v) is 5.20. The van der Waals surface area contributed by atoms with Gasteiger partial charge in [-0.25, -0.2) is 0 Å². The maximum absolute atomic E-state index is 9.18. The Hall–Kier alpha value is -0.480. The first kappa shape index (κ1) is 12.6. The van der Waals surface area contributed by atoms with Crippen LogP contribution in [0.5, 0.6) is 5.75 Å². The largest absolute Gasteiger partial charge is 0.495 e. The Balaban J connectivity index is 3.24. The van der Waals surface area contributed by atoms with E-state index in [1.165, 1.54) is 7.11 Å². The SMILES string of the molecule is CNC(CO)c1cc(Cl)cc(Cl)c1OC. The van der Waals surface area contributed by atoms with Crippen molar-refractivity contribution in [3.63, 3.8) is 0 Å². The molecule has 84 valence electrons. The minimum absolute atomic E-state index is 0.0521. The molecule has 0 spiro atoms. The Morgan fingerprint density at radius 2 is 2.13 bits per heavy atom. The van der Waals surface area contributed by atoms with Crippen molar-refractivity contribution < 1.29 is 9.84 Å². The molecule has 0 fully saturated rings. The van der Waals surface area contributed by atoms with Crippen LogP contribution in [-0.4, -0.2) is 25.9 Å². The summed E-state index contributed by atoms with van der Waals surface area (Å²) < 4.78 is 5.17. The third kappa shape index (κ3) is 2.75. The number of ether oxygens (including phenoxy) is 1. The van der Waals surface area contributed by atoms with Gasteiger partial charge in [0.25, 0.3) is 0 Å². The lowest BCUT2D eigenvalue weighted by molar-refractivity contribution is 0.247. The summed E-state index contributed by atoms with van der Waals surface area (Å²) in [7, 11) is 3.28. The molecule has 0 saturated carbocycles. The van der Waals surface area contributed by atoms with Gasteiger partial charge in [0.15, 0.2) is 0 Å². The van der Waals surface area contributed by atoms with E-state index in [0.29, 0.717) is 15.8 Å². The first-order valence-electron chi connectivity index (χ1n) is 4.45. The lowest BCUT2D eigenvalue weighted by atomic mass is 10.1. The van der Waals surface area contributed by atoms with Crippen LogP contribution in [-0.2, 0) is 0 Å². The number of methoxy groups -OCH3 is 1. The molecule has 0 heterocycles. The zero-order valence-electron chi connectivity index (χ0n) is 8.55. The summed E-state index contributed by atoms with van der Waals surface area (Å²) in [4.78, 5) is 0. The van der Waals surface area contributed by atoms with Gasteiger partial charge in [-0.3, -0.25) is 0 Å². The number of rotatable bonds is 4. The Labute approximate surface area is 99.0 Å². The van der Waals surface area contributed by atoms with Crippen LogP contribution in [0.1, 0.15) is 11.6 Å². The second-order valence-corrected chi connectivity index (χ2v) is 3.88. The summed E-state index contributed by atoms with van der Waals surface area (Å²) in [6.07, 6.45) is 0. The predicted molar refractivity (Wildman–Crippen MR) is 61.9 cm³/mol. The van der Waals surface area contributed by atoms with Gasteiger partial charge in [-0.2, -0.15) is 0 Å². The molecular formula is C10H13Cl2NO2. The smallest absolute Gasteiger partial charge is 0.142 e. The number of hydrogen-bond donors (Lipinski definition) is 2. The van der Waals surface area contributed by atoms with Crippen LogP contribution < -0.4 is 10.1 Å². The molecule has 0 aliphatic carbocycles. The van der Waals surface area contributed by atoms with Crippen molar-refractivity contribution >= 4 is 23.2 Å². The van der Waals surface area contributed by atoms with Crippen molar-refractivity contribution in [1.29, 1.82) is 0 Å². The molecule has 0 aromatic heterocycles. The molecule has 5 heteroatoms. The molecule has 2 N–H and O–H groups in total. The zero-order valence-corrected chi connectivity index (χ0v) is 10.1. The summed E-state index contributed by atoms with van der Waals surface area (Å²) in [5.74, 6) is 0.537. The normalized spacial score (nSPS) is 12.6. The Morgan fingerprint density at radius 3 is 2.60 bits per heavy atom. The van der Waals surface area contributed by atoms with Crippen molar-refractivity contribution in [1.82, 2.24) is 5.32 Å². The van der Waals surface area contributed by atoms with E-state index in [1.807, 2.05) is 0 Å². The molecule has 1 aromatic rings. The van der Waals surface area contributed by atoms with E-state index in [0.717, 1.165) is 5.56 Å². The van der Waals surface area contributed by atoms with E-state index in [2.05, 4.69) is 5.32 Å². The maximum atomic E-state index is 9.18. The molecule has 0 aliphatic rings. The van der Waals surface area contributed by atoms with Crippen LogP contribution in [0.4, 0.5) is 0 Å². The molecular weight excluding hydrogens is 237 g/mol. The van der Waals surface area contributed by atoms with Crippen molar-refractivity contribution in [2.45, 2.75) is 6.04 Å². The quantitative estimate of drug-likeness (QED) is 0.861. The summed E-state index contributed by atoms with van der Waals surface area (Å²) >= 11 is 11.9. The van der Waals surface area contributed by atoms with Gasteiger partial charge >= 0.3 is 0 Å². The summed E-state index contributed by atoms with van der Waals surface area (Å²) in [6.45, 7) is -0.0521. The maximum Gasteiger partial charge on any atom is 0.142 e. The minimum atomic E-state index is -0.240. The lowest BCUT2D eigenvalue weighted by Crippen LogP contribution is -2.20. The van der Waals surface area contributed by atoms with Crippen LogP contribution >= 0.6 is 23.2 Å². The number of aliphatic hydroxyl groups excluding tert-OH is 1. The fraction of sp³-hybridized carbons (Fsp3) is 0.400. The number of aliphatic hydroxyl groups is 1. The molecule has 3 nitrogen and oxygen atoms in total. The van der Waals surface area contributed by atoms with Crippen molar-refractivity contribution in [2.75, 3.05) is 20.8 Å². The molecule has 0 bridgehead atoms. The summed E-state index contributed by atoms with van der Waals surface area (Å²) in [5, 5.41) is 13.1. The van der Waals surface area contributed by atoms with E-state index >= 15 is 0 Å². The van der Waals surface area contributed by atoms with E-state index < -0.39 is 0 Å². The Kier molecular flexibility index (Phi) is 4.67. The van der Waals surface area contributed by atoms with Crippen molar-refractivity contribution in [3.05, 3.63) is 27.7 Å². The van der Waals surface area contributed by atoms with Gasteiger partial charge in [0, 0.05) is 10.6 Å². The third-order valence-electron chi connectivity index (χ3n) is 2.15. The zero-order chi connectivity index (χ0) is 11.4. The molecule has 15 heavy (non-hydrogen) atoms. The van der Waals surface area contributed by atoms with Gasteiger partial charge in [0.05, 0.1) is 24.8 Å². The van der Waals surface area contributed by atoms with Crippen molar-refractivity contribution in [3.8, 4) is 5.75 Å². The van der Waals surface area contributed by atoms with Gasteiger partial charge in [-0.1, -0.05) is 23.2 Å². The number of likely N-dealkylation sites (N-methyl/N-ethyl adjacent to an activating group) is 1. The highest BCUT2D eigenvalue weighted by atomic mass is 35.5. The highest BCUT2D eigenvalue weighted by Gasteiger charge is 2.17. The van der Waals surface area contributed by atoms with Crippen LogP contribution in [0.3, 0.4) is 0 Å². The van der Waals surface area contributed by atoms with Gasteiger partial charge in [0.2, 0.25) is 0 Å². The number of halogens is 2. The second kappa shape index (κ2) is 5.56. The van der Waals surface area contributed by atoms with E-state index in [1.54, 1.807) is 19.2 Å². The number of nitrogens with one attached hydrogen (secondary N) is 1. The van der Waals surface area contributed by atoms with Gasteiger partial charge in [-0.15, -0.1) is 0 Å². The monoisotopic (exact) mass is 249 g/mol. The lowest BCUT2D eigenvalue weighted by Gasteiger charge is -2.18. The molecule has 1 unspecified atom stereocenters. The topological polar surface area (TPSA) is 41.5 Å². The molecule has 1 rings (SSSR count). The molecule has 0 saturated heterocycles. The van der Waals surface area contributed by atoms with Gasteiger partial charge in [-0.05, 0) is 19.2 Å². The fourth-order valence-corrected chi connectivity index (χ4v) is 1.99. The van der Waals surface area contributed by atoms with Crippen LogP contribution in [0.2, 0.25) is 10.0 Å². The number of benzene rings is 1. The molecule has 1 aromatic carbocycles. The predicted octanol–water partition coefficient (Wildman–Crippen LogP) is 2.25. The summed E-state index contributed by atoms with van der Waals surface area (Å²) in [5.41, 5.74) is 0.750. The second-order valence-electron chi connectivity index (χ2n) is 3.03. The highest BCUT2D eigenvalue weighted by molar-refractivity contribution is 6.35. The third-order valence-corrected chi connectivity index (χ3v) is 2.65. The Bertz CT molecular complexity index is 340. The van der Waals surface area contributed by atoms with E-state index in [-0.39, 0.29) is 12.6 Å². The highest BCUT2D eigenvalue weighted by Crippen LogP contribution is 2.35. The minimum Gasteiger partial charge on any atom is -0.495 e. The van der Waals surface area contributed by atoms with Gasteiger partial charge in [0.1, 0.15) is 5.75 Å². The Morgan fingerprint density at radius 1 is 1.47 bits per heavy atom. The van der Waals surface area contributed by atoms with Crippen LogP contribution in [0, 0.1) is 0 Å². The fourth-order valence-electron chi connectivity index (χ4n) is 1.40. The first-order chi connectivity index (χ1) is 7.13. The van der Waals surface area contributed by atoms with E-state index in [4.69, 9.17) is 27.9 Å². The summed E-state index contributed by atoms with van der Waals surface area (Å²) in [6, 6.07) is 3.09. The molecule has 0 aliphatic heterocycles. The molecule has 0 amide bonds. The van der Waals surface area contributed by atoms with E-state index in [9.17, 15) is 5.11 Å². The van der Waals surface area contributed by atoms with Crippen molar-refractivity contribution in [2.24, 2.45) is 0 Å². The van der Waals surface area contributed by atoms with Crippen LogP contribution in [0.15, 0.2) is 12.1 Å². The average Bonchev–Trinajstić information content (AvgIpc) is 2.19. The molecule has 0 radical (unpaired) electrons. The van der Waals surface area contributed by atoms with Gasteiger partial charge < -0.3 is 15.2 Å². The average molecular weight is 250 g/mol. The van der Waals surface area contributed by atoms with Crippen LogP contribution in [0.25, 0.3) is 0 Å². The standard InChI is InChI=1S/C10H13Cl2NO2/c1-13-9(5-14)7-3-6(11)4-8(12)10(7)15-2/h3-4,9,13-14H,5H2,1-2H3. The molecule has 1 atom stereocenters. The number of hydrogen-bond acceptors (Lipinski definition) is 3.